The van der Waals surface area contributed by atoms with Gasteiger partial charge in [-0.25, -0.2) is 4.98 Å². The lowest BCUT2D eigenvalue weighted by Crippen LogP contribution is -1.92. The molecule has 0 fully saturated rings. The Morgan fingerprint density at radius 2 is 2.12 bits per heavy atom. The highest BCUT2D eigenvalue weighted by Crippen LogP contribution is 2.31. The summed E-state index contributed by atoms with van der Waals surface area (Å²) in [7, 11) is 1.81. The van der Waals surface area contributed by atoms with Crippen molar-refractivity contribution >= 4 is 23.2 Å². The van der Waals surface area contributed by atoms with E-state index < -0.39 is 0 Å². The normalized spacial score (nSPS) is 10.1. The minimum absolute atomic E-state index is 0.353. The molecule has 0 N–H and O–H groups in total. The summed E-state index contributed by atoms with van der Waals surface area (Å²) in [6.45, 7) is 0. The topological polar surface area (TPSA) is 41.6 Å². The maximum atomic E-state index is 8.94. The molecule has 1 heterocycles. The highest BCUT2D eigenvalue weighted by molar-refractivity contribution is 6.36. The first kappa shape index (κ1) is 11.0. The van der Waals surface area contributed by atoms with E-state index in [1.807, 2.05) is 13.1 Å². The van der Waals surface area contributed by atoms with Gasteiger partial charge in [-0.1, -0.05) is 23.2 Å². The summed E-state index contributed by atoms with van der Waals surface area (Å²) in [4.78, 5) is 3.98. The molecule has 0 unspecified atom stereocenters. The Hall–Kier alpha value is -1.50. The zero-order valence-electron chi connectivity index (χ0n) is 8.41. The van der Waals surface area contributed by atoms with Gasteiger partial charge in [-0.3, -0.25) is 0 Å². The van der Waals surface area contributed by atoms with E-state index in [2.05, 4.69) is 4.98 Å². The molecule has 2 aromatic rings. The summed E-state index contributed by atoms with van der Waals surface area (Å²) in [6.07, 6.45) is 1.58. The maximum absolute atomic E-state index is 8.94. The van der Waals surface area contributed by atoms with Crippen LogP contribution in [0, 0.1) is 11.3 Å². The Morgan fingerprint density at radius 1 is 1.38 bits per heavy atom. The molecule has 16 heavy (non-hydrogen) atoms. The van der Waals surface area contributed by atoms with Crippen molar-refractivity contribution in [3.63, 3.8) is 0 Å². The predicted molar refractivity (Wildman–Crippen MR) is 63.4 cm³/mol. The molecule has 1 aromatic carbocycles. The molecule has 0 aliphatic carbocycles. The number of halogens is 2. The number of benzene rings is 1. The van der Waals surface area contributed by atoms with Crippen LogP contribution in [-0.4, -0.2) is 9.55 Å². The maximum Gasteiger partial charge on any atom is 0.166 e. The van der Waals surface area contributed by atoms with Crippen molar-refractivity contribution in [1.82, 2.24) is 9.55 Å². The van der Waals surface area contributed by atoms with Crippen molar-refractivity contribution in [2.45, 2.75) is 0 Å². The predicted octanol–water partition coefficient (Wildman–Crippen LogP) is 3.27. The third-order valence-corrected chi connectivity index (χ3v) is 2.78. The van der Waals surface area contributed by atoms with E-state index in [4.69, 9.17) is 28.5 Å². The van der Waals surface area contributed by atoms with E-state index in [1.54, 1.807) is 29.1 Å². The van der Waals surface area contributed by atoms with E-state index in [9.17, 15) is 0 Å². The number of hydrogen-bond donors (Lipinski definition) is 0. The summed E-state index contributed by atoms with van der Waals surface area (Å²) < 4.78 is 1.76. The summed E-state index contributed by atoms with van der Waals surface area (Å²) in [5.74, 6) is 0. The van der Waals surface area contributed by atoms with Crippen molar-refractivity contribution in [2.75, 3.05) is 0 Å². The molecule has 0 saturated carbocycles. The van der Waals surface area contributed by atoms with Gasteiger partial charge in [0.15, 0.2) is 5.69 Å². The summed E-state index contributed by atoms with van der Waals surface area (Å²) in [5.41, 5.74) is 1.80. The fourth-order valence-corrected chi connectivity index (χ4v) is 2.01. The van der Waals surface area contributed by atoms with Gasteiger partial charge in [0.2, 0.25) is 0 Å². The van der Waals surface area contributed by atoms with E-state index in [1.165, 1.54) is 0 Å². The smallest absolute Gasteiger partial charge is 0.166 e. The van der Waals surface area contributed by atoms with Crippen molar-refractivity contribution < 1.29 is 0 Å². The molecule has 0 radical (unpaired) electrons. The number of nitriles is 1. The molecule has 0 bridgehead atoms. The lowest BCUT2D eigenvalue weighted by Gasteiger charge is -2.05. The van der Waals surface area contributed by atoms with E-state index in [0.29, 0.717) is 21.4 Å². The lowest BCUT2D eigenvalue weighted by molar-refractivity contribution is 0.921. The minimum atomic E-state index is 0.353. The first-order valence-corrected chi connectivity index (χ1v) is 5.26. The second kappa shape index (κ2) is 4.17. The van der Waals surface area contributed by atoms with Crippen molar-refractivity contribution in [2.24, 2.45) is 7.05 Å². The Labute approximate surface area is 103 Å². The van der Waals surface area contributed by atoms with Gasteiger partial charge in [0, 0.05) is 17.6 Å². The van der Waals surface area contributed by atoms with Crippen LogP contribution in [0.15, 0.2) is 24.5 Å². The molecular formula is C11H7Cl2N3. The molecule has 1 aromatic heterocycles. The third-order valence-electron chi connectivity index (χ3n) is 2.23. The van der Waals surface area contributed by atoms with Crippen LogP contribution in [0.1, 0.15) is 5.69 Å². The highest BCUT2D eigenvalue weighted by atomic mass is 35.5. The SMILES string of the molecule is Cn1cnc(C#N)c1-c1ccc(Cl)cc1Cl. The van der Waals surface area contributed by atoms with Crippen LogP contribution < -0.4 is 0 Å². The number of rotatable bonds is 1. The van der Waals surface area contributed by atoms with Gasteiger partial charge in [-0.15, -0.1) is 0 Å². The molecule has 0 aliphatic heterocycles. The van der Waals surface area contributed by atoms with Crippen LogP contribution in [0.4, 0.5) is 0 Å². The Bertz CT molecular complexity index is 581. The van der Waals surface area contributed by atoms with Gasteiger partial charge < -0.3 is 4.57 Å². The molecule has 3 nitrogen and oxygen atoms in total. The molecule has 2 rings (SSSR count). The average molecular weight is 252 g/mol. The fourth-order valence-electron chi connectivity index (χ4n) is 1.51. The zero-order chi connectivity index (χ0) is 11.7. The Morgan fingerprint density at radius 3 is 2.75 bits per heavy atom. The van der Waals surface area contributed by atoms with Gasteiger partial charge >= 0.3 is 0 Å². The van der Waals surface area contributed by atoms with Gasteiger partial charge in [-0.05, 0) is 18.2 Å². The number of aryl methyl sites for hydroxylation is 1. The zero-order valence-corrected chi connectivity index (χ0v) is 9.92. The molecule has 0 saturated heterocycles. The van der Waals surface area contributed by atoms with Gasteiger partial charge in [-0.2, -0.15) is 5.26 Å². The first-order chi connectivity index (χ1) is 7.63. The standard InChI is InChI=1S/C11H7Cl2N3/c1-16-6-15-10(5-14)11(16)8-3-2-7(12)4-9(8)13/h2-4,6H,1H3. The van der Waals surface area contributed by atoms with Crippen LogP contribution >= 0.6 is 23.2 Å². The van der Waals surface area contributed by atoms with Crippen molar-refractivity contribution in [3.8, 4) is 17.3 Å². The molecule has 80 valence electrons. The number of nitrogens with zero attached hydrogens (tertiary/aromatic N) is 3. The summed E-state index contributed by atoms with van der Waals surface area (Å²) in [5, 5.41) is 10.0. The van der Waals surface area contributed by atoms with Gasteiger partial charge in [0.05, 0.1) is 17.0 Å². The third kappa shape index (κ3) is 1.78. The first-order valence-electron chi connectivity index (χ1n) is 4.50. The molecule has 0 atom stereocenters. The van der Waals surface area contributed by atoms with Gasteiger partial charge in [0.1, 0.15) is 6.07 Å². The van der Waals surface area contributed by atoms with Crippen LogP contribution in [0.2, 0.25) is 10.0 Å². The van der Waals surface area contributed by atoms with Crippen LogP contribution in [-0.2, 0) is 7.05 Å². The van der Waals surface area contributed by atoms with E-state index in [-0.39, 0.29) is 0 Å². The minimum Gasteiger partial charge on any atom is -0.333 e. The molecule has 5 heteroatoms. The van der Waals surface area contributed by atoms with Crippen molar-refractivity contribution in [3.05, 3.63) is 40.3 Å². The Balaban J connectivity index is 2.68. The van der Waals surface area contributed by atoms with E-state index >= 15 is 0 Å². The number of hydrogen-bond acceptors (Lipinski definition) is 2. The molecule has 0 spiro atoms. The van der Waals surface area contributed by atoms with E-state index in [0.717, 1.165) is 5.56 Å². The fraction of sp³-hybridized carbons (Fsp3) is 0.0909. The average Bonchev–Trinajstić information content (AvgIpc) is 2.60. The van der Waals surface area contributed by atoms with Crippen LogP contribution in [0.3, 0.4) is 0 Å². The molecular weight excluding hydrogens is 245 g/mol. The Kier molecular flexibility index (Phi) is 2.86. The second-order valence-electron chi connectivity index (χ2n) is 3.29. The molecule has 0 amide bonds. The van der Waals surface area contributed by atoms with Crippen LogP contribution in [0.25, 0.3) is 11.3 Å². The van der Waals surface area contributed by atoms with Crippen molar-refractivity contribution in [1.29, 1.82) is 5.26 Å². The highest BCUT2D eigenvalue weighted by Gasteiger charge is 2.13. The number of aromatic nitrogens is 2. The largest absolute Gasteiger partial charge is 0.333 e. The summed E-state index contributed by atoms with van der Waals surface area (Å²) in [6, 6.07) is 7.19. The lowest BCUT2D eigenvalue weighted by atomic mass is 10.1. The van der Waals surface area contributed by atoms with Gasteiger partial charge in [0.25, 0.3) is 0 Å². The second-order valence-corrected chi connectivity index (χ2v) is 4.13. The van der Waals surface area contributed by atoms with Crippen LogP contribution in [0.5, 0.6) is 0 Å². The summed E-state index contributed by atoms with van der Waals surface area (Å²) >= 11 is 11.9. The quantitative estimate of drug-likeness (QED) is 0.781. The molecule has 0 aliphatic rings. The number of imidazole rings is 1. The monoisotopic (exact) mass is 251 g/mol.